The molecule has 1 nitrogen and oxygen atoms in total. The van der Waals surface area contributed by atoms with Gasteiger partial charge in [-0.15, -0.1) is 0 Å². The van der Waals surface area contributed by atoms with Crippen molar-refractivity contribution in [3.8, 4) is 72.8 Å². The van der Waals surface area contributed by atoms with Crippen molar-refractivity contribution in [1.29, 1.82) is 5.26 Å². The zero-order valence-electron chi connectivity index (χ0n) is 22.9. The van der Waals surface area contributed by atoms with Crippen molar-refractivity contribution in [3.05, 3.63) is 157 Å². The average molecular weight is 532 g/mol. The van der Waals surface area contributed by atoms with Crippen LogP contribution < -0.4 is 0 Å². The van der Waals surface area contributed by atoms with Crippen LogP contribution in [0.3, 0.4) is 0 Å². The first kappa shape index (κ1) is 24.1. The van der Waals surface area contributed by atoms with Crippen molar-refractivity contribution < 1.29 is 0 Å². The predicted molar refractivity (Wildman–Crippen MR) is 175 cm³/mol. The van der Waals surface area contributed by atoms with Gasteiger partial charge in [0.15, 0.2) is 0 Å². The Kier molecular flexibility index (Phi) is 5.59. The lowest BCUT2D eigenvalue weighted by atomic mass is 9.82. The molecule has 8 rings (SSSR count). The molecule has 1 heteroatoms. The van der Waals surface area contributed by atoms with E-state index < -0.39 is 0 Å². The highest BCUT2D eigenvalue weighted by atomic mass is 14.3. The zero-order chi connectivity index (χ0) is 28.0. The van der Waals surface area contributed by atoms with Crippen LogP contribution in [0.5, 0.6) is 0 Å². The molecule has 194 valence electrons. The maximum absolute atomic E-state index is 9.52. The van der Waals surface area contributed by atoms with E-state index in [9.17, 15) is 5.26 Å². The van der Waals surface area contributed by atoms with Gasteiger partial charge in [0.25, 0.3) is 0 Å². The molecule has 0 saturated carbocycles. The molecule has 0 aliphatic heterocycles. The Balaban J connectivity index is 1.50. The van der Waals surface area contributed by atoms with E-state index in [1.165, 1.54) is 60.8 Å². The summed E-state index contributed by atoms with van der Waals surface area (Å²) in [5.74, 6) is 0. The van der Waals surface area contributed by atoms with Gasteiger partial charge in [-0.2, -0.15) is 5.26 Å². The molecule has 0 amide bonds. The van der Waals surface area contributed by atoms with Gasteiger partial charge in [-0.25, -0.2) is 0 Å². The highest BCUT2D eigenvalue weighted by molar-refractivity contribution is 6.22. The molecule has 0 atom stereocenters. The van der Waals surface area contributed by atoms with E-state index in [0.717, 1.165) is 16.7 Å². The van der Waals surface area contributed by atoms with E-state index in [4.69, 9.17) is 0 Å². The summed E-state index contributed by atoms with van der Waals surface area (Å²) in [6.07, 6.45) is 0. The van der Waals surface area contributed by atoms with E-state index >= 15 is 0 Å². The van der Waals surface area contributed by atoms with Crippen molar-refractivity contribution in [3.63, 3.8) is 0 Å². The number of fused-ring (bicyclic) bond motifs is 3. The Bertz CT molecular complexity index is 2180. The van der Waals surface area contributed by atoms with Gasteiger partial charge in [-0.3, -0.25) is 0 Å². The van der Waals surface area contributed by atoms with Crippen LogP contribution in [0, 0.1) is 11.3 Å². The molecule has 42 heavy (non-hydrogen) atoms. The molecule has 7 aromatic carbocycles. The van der Waals surface area contributed by atoms with Gasteiger partial charge < -0.3 is 0 Å². The van der Waals surface area contributed by atoms with Gasteiger partial charge in [0, 0.05) is 0 Å². The van der Waals surface area contributed by atoms with Crippen LogP contribution in [0.2, 0.25) is 0 Å². The fourth-order valence-corrected chi connectivity index (χ4v) is 6.60. The van der Waals surface area contributed by atoms with Crippen LogP contribution in [0.15, 0.2) is 152 Å². The minimum Gasteiger partial charge on any atom is -0.192 e. The molecule has 1 aliphatic rings. The van der Waals surface area contributed by atoms with Crippen LogP contribution in [-0.2, 0) is 0 Å². The predicted octanol–water partition coefficient (Wildman–Crippen LogP) is 11.0. The molecular weight excluding hydrogens is 506 g/mol. The van der Waals surface area contributed by atoms with Gasteiger partial charge in [0.1, 0.15) is 0 Å². The summed E-state index contributed by atoms with van der Waals surface area (Å²) in [5, 5.41) is 12.1. The topological polar surface area (TPSA) is 23.8 Å². The van der Waals surface area contributed by atoms with Crippen molar-refractivity contribution in [1.82, 2.24) is 0 Å². The number of nitrogens with zero attached hydrogens (tertiary/aromatic N) is 1. The molecule has 0 aromatic heterocycles. The average Bonchev–Trinajstić information content (AvgIpc) is 3.41. The Labute approximate surface area is 245 Å². The summed E-state index contributed by atoms with van der Waals surface area (Å²) >= 11 is 0. The first-order chi connectivity index (χ1) is 20.8. The molecule has 0 bridgehead atoms. The minimum absolute atomic E-state index is 0.664. The maximum Gasteiger partial charge on any atom is 0.0991 e. The summed E-state index contributed by atoms with van der Waals surface area (Å²) in [4.78, 5) is 0. The third kappa shape index (κ3) is 3.78. The Hall–Kier alpha value is -5.71. The second-order valence-corrected chi connectivity index (χ2v) is 10.8. The van der Waals surface area contributed by atoms with Crippen molar-refractivity contribution in [2.45, 2.75) is 0 Å². The summed E-state index contributed by atoms with van der Waals surface area (Å²) in [5.41, 5.74) is 15.2. The third-order valence-corrected chi connectivity index (χ3v) is 8.42. The molecular formula is C41H25N. The molecule has 0 fully saturated rings. The monoisotopic (exact) mass is 531 g/mol. The molecule has 0 radical (unpaired) electrons. The fraction of sp³-hybridized carbons (Fsp3) is 0. The number of rotatable bonds is 4. The first-order valence-corrected chi connectivity index (χ1v) is 14.3. The van der Waals surface area contributed by atoms with Crippen molar-refractivity contribution in [2.24, 2.45) is 0 Å². The van der Waals surface area contributed by atoms with Gasteiger partial charge in [-0.05, 0) is 102 Å². The second kappa shape index (κ2) is 9.73. The van der Waals surface area contributed by atoms with Crippen molar-refractivity contribution >= 4 is 10.8 Å². The van der Waals surface area contributed by atoms with E-state index in [2.05, 4.69) is 140 Å². The molecule has 0 unspecified atom stereocenters. The standard InChI is InChI=1S/C41H25N/c42-26-27-11-7-18-31(23-27)32-19-8-20-33(24-32)37-25-36(28-12-3-1-4-13-28)40-34-21-9-16-29-17-10-22-35(38(29)34)41(40)39(37)30-14-5-2-6-15-30/h1-25H. The number of hydrogen-bond donors (Lipinski definition) is 0. The summed E-state index contributed by atoms with van der Waals surface area (Å²) in [6, 6.07) is 56.2. The number of nitriles is 1. The lowest BCUT2D eigenvalue weighted by Gasteiger charge is -2.21. The van der Waals surface area contributed by atoms with Crippen LogP contribution in [0.25, 0.3) is 77.5 Å². The maximum atomic E-state index is 9.52. The second-order valence-electron chi connectivity index (χ2n) is 10.8. The van der Waals surface area contributed by atoms with E-state index in [1.54, 1.807) is 0 Å². The number of benzene rings is 7. The molecule has 0 heterocycles. The number of hydrogen-bond acceptors (Lipinski definition) is 1. The summed E-state index contributed by atoms with van der Waals surface area (Å²) in [6.45, 7) is 0. The molecule has 0 saturated heterocycles. The minimum atomic E-state index is 0.664. The molecule has 0 spiro atoms. The Morgan fingerprint density at radius 1 is 0.357 bits per heavy atom. The van der Waals surface area contributed by atoms with E-state index in [-0.39, 0.29) is 0 Å². The highest BCUT2D eigenvalue weighted by Gasteiger charge is 2.30. The zero-order valence-corrected chi connectivity index (χ0v) is 22.9. The van der Waals surface area contributed by atoms with Gasteiger partial charge >= 0.3 is 0 Å². The van der Waals surface area contributed by atoms with Crippen LogP contribution >= 0.6 is 0 Å². The van der Waals surface area contributed by atoms with Crippen LogP contribution in [0.4, 0.5) is 0 Å². The van der Waals surface area contributed by atoms with Crippen LogP contribution in [-0.4, -0.2) is 0 Å². The fourth-order valence-electron chi connectivity index (χ4n) is 6.60. The third-order valence-electron chi connectivity index (χ3n) is 8.42. The lowest BCUT2D eigenvalue weighted by molar-refractivity contribution is 1.48. The lowest BCUT2D eigenvalue weighted by Crippen LogP contribution is -1.94. The Morgan fingerprint density at radius 3 is 1.62 bits per heavy atom. The quantitative estimate of drug-likeness (QED) is 0.222. The van der Waals surface area contributed by atoms with Gasteiger partial charge in [0.05, 0.1) is 11.6 Å². The smallest absolute Gasteiger partial charge is 0.0991 e. The molecule has 7 aromatic rings. The SMILES string of the molecule is N#Cc1cccc(-c2cccc(-c3cc(-c4ccccc4)c4c(c3-c3ccccc3)-c3cccc5cccc-4c35)c2)c1. The largest absolute Gasteiger partial charge is 0.192 e. The molecule has 0 N–H and O–H groups in total. The van der Waals surface area contributed by atoms with E-state index in [0.29, 0.717) is 5.56 Å². The summed E-state index contributed by atoms with van der Waals surface area (Å²) in [7, 11) is 0. The van der Waals surface area contributed by atoms with Gasteiger partial charge in [0.2, 0.25) is 0 Å². The first-order valence-electron chi connectivity index (χ1n) is 14.3. The molecule has 1 aliphatic carbocycles. The van der Waals surface area contributed by atoms with E-state index in [1.807, 2.05) is 18.2 Å². The summed E-state index contributed by atoms with van der Waals surface area (Å²) < 4.78 is 0. The highest BCUT2D eigenvalue weighted by Crippen LogP contribution is 2.57. The Morgan fingerprint density at radius 2 is 0.905 bits per heavy atom. The van der Waals surface area contributed by atoms with Crippen molar-refractivity contribution in [2.75, 3.05) is 0 Å². The van der Waals surface area contributed by atoms with Crippen LogP contribution in [0.1, 0.15) is 5.56 Å². The van der Waals surface area contributed by atoms with Gasteiger partial charge in [-0.1, -0.05) is 127 Å². The normalized spacial score (nSPS) is 11.3.